The summed E-state index contributed by atoms with van der Waals surface area (Å²) < 4.78 is 27.1. The van der Waals surface area contributed by atoms with Crippen LogP contribution in [-0.4, -0.2) is 66.6 Å². The molecule has 1 amide bonds. The van der Waals surface area contributed by atoms with E-state index in [1.165, 1.54) is 12.1 Å². The standard InChI is InChI=1S/C24H37N5O6S/c25-24(26)27-16-8-3-1-2-5-10-18(30)14-15-20(23(32)33)28-22(31)21-13-9-17-29(21)36(34,35)19-11-6-4-7-12-19/h4,6-7,11-12,20-21H,1-3,5,8-10,13-17H2,(H,28,31)(H,32,33)(H4,25,26,27)/t20-,21-/m0/s1. The Balaban J connectivity index is 1.79. The summed E-state index contributed by atoms with van der Waals surface area (Å²) >= 11 is 0. The average molecular weight is 524 g/mol. The topological polar surface area (TPSA) is 185 Å². The summed E-state index contributed by atoms with van der Waals surface area (Å²) in [4.78, 5) is 40.8. The van der Waals surface area contributed by atoms with Crippen LogP contribution < -0.4 is 16.8 Å². The van der Waals surface area contributed by atoms with Crippen molar-refractivity contribution in [3.63, 3.8) is 0 Å². The Morgan fingerprint density at radius 3 is 2.39 bits per heavy atom. The van der Waals surface area contributed by atoms with Crippen LogP contribution in [0.4, 0.5) is 0 Å². The van der Waals surface area contributed by atoms with E-state index in [4.69, 9.17) is 11.5 Å². The van der Waals surface area contributed by atoms with Crippen LogP contribution in [0.2, 0.25) is 0 Å². The molecule has 0 bridgehead atoms. The molecule has 1 aliphatic rings. The number of rotatable bonds is 16. The minimum atomic E-state index is -3.89. The second-order valence-electron chi connectivity index (χ2n) is 8.89. The Morgan fingerprint density at radius 2 is 1.72 bits per heavy atom. The van der Waals surface area contributed by atoms with Crippen molar-refractivity contribution in [3.05, 3.63) is 30.3 Å². The Morgan fingerprint density at radius 1 is 1.06 bits per heavy atom. The van der Waals surface area contributed by atoms with Crippen molar-refractivity contribution in [2.45, 2.75) is 81.2 Å². The quantitative estimate of drug-likeness (QED) is 0.142. The SMILES string of the molecule is NC(N)=NCCCCCCCC(=O)CC[C@H](NC(=O)[C@@H]1CCCN1S(=O)(=O)c1ccccc1)C(=O)O. The number of benzene rings is 1. The van der Waals surface area contributed by atoms with Gasteiger partial charge in [0.2, 0.25) is 15.9 Å². The molecule has 2 atom stereocenters. The van der Waals surface area contributed by atoms with E-state index in [0.29, 0.717) is 32.2 Å². The number of carboxylic acids is 1. The molecular formula is C24H37N5O6S. The van der Waals surface area contributed by atoms with Crippen molar-refractivity contribution < 1.29 is 27.9 Å². The number of carboxylic acid groups (broad SMARTS) is 1. The first-order valence-corrected chi connectivity index (χ1v) is 13.7. The number of nitrogens with two attached hydrogens (primary N) is 2. The van der Waals surface area contributed by atoms with Crippen LogP contribution in [0, 0.1) is 0 Å². The highest BCUT2D eigenvalue weighted by Crippen LogP contribution is 2.26. The molecule has 1 aliphatic heterocycles. The maximum Gasteiger partial charge on any atom is 0.326 e. The Kier molecular flexibility index (Phi) is 11.8. The van der Waals surface area contributed by atoms with Gasteiger partial charge in [-0.1, -0.05) is 37.5 Å². The van der Waals surface area contributed by atoms with Crippen LogP contribution >= 0.6 is 0 Å². The second kappa shape index (κ2) is 14.5. The molecule has 6 N–H and O–H groups in total. The molecule has 200 valence electrons. The third-order valence-corrected chi connectivity index (χ3v) is 8.01. The molecule has 0 saturated carbocycles. The molecule has 1 heterocycles. The zero-order valence-electron chi connectivity index (χ0n) is 20.5. The fraction of sp³-hybridized carbons (Fsp3) is 0.583. The van der Waals surface area contributed by atoms with Crippen LogP contribution in [0.15, 0.2) is 40.2 Å². The van der Waals surface area contributed by atoms with Crippen molar-refractivity contribution in [1.29, 1.82) is 0 Å². The molecule has 1 saturated heterocycles. The van der Waals surface area contributed by atoms with Gasteiger partial charge in [0.15, 0.2) is 5.96 Å². The summed E-state index contributed by atoms with van der Waals surface area (Å²) in [6.07, 6.45) is 5.48. The van der Waals surface area contributed by atoms with Crippen LogP contribution in [0.25, 0.3) is 0 Å². The van der Waals surface area contributed by atoms with Gasteiger partial charge in [0, 0.05) is 25.9 Å². The maximum absolute atomic E-state index is 13.0. The number of unbranched alkanes of at least 4 members (excludes halogenated alkanes) is 4. The van der Waals surface area contributed by atoms with Crippen molar-refractivity contribution in [3.8, 4) is 0 Å². The summed E-state index contributed by atoms with van der Waals surface area (Å²) in [5.74, 6) is -1.90. The minimum Gasteiger partial charge on any atom is -0.480 e. The number of hydrogen-bond donors (Lipinski definition) is 4. The molecule has 0 spiro atoms. The summed E-state index contributed by atoms with van der Waals surface area (Å²) in [6, 6.07) is 5.57. The number of sulfonamides is 1. The van der Waals surface area contributed by atoms with Crippen LogP contribution in [-0.2, 0) is 24.4 Å². The third-order valence-electron chi connectivity index (χ3n) is 6.09. The van der Waals surface area contributed by atoms with Gasteiger partial charge in [-0.25, -0.2) is 13.2 Å². The summed E-state index contributed by atoms with van der Waals surface area (Å²) in [5, 5.41) is 12.0. The van der Waals surface area contributed by atoms with Crippen LogP contribution in [0.5, 0.6) is 0 Å². The van der Waals surface area contributed by atoms with Gasteiger partial charge in [-0.2, -0.15) is 4.31 Å². The predicted molar refractivity (Wildman–Crippen MR) is 136 cm³/mol. The molecule has 0 aromatic heterocycles. The number of guanidine groups is 1. The largest absolute Gasteiger partial charge is 0.480 e. The van der Waals surface area contributed by atoms with Gasteiger partial charge in [-0.05, 0) is 44.2 Å². The Hall–Kier alpha value is -2.99. The Bertz CT molecular complexity index is 1010. The molecule has 11 nitrogen and oxygen atoms in total. The van der Waals surface area contributed by atoms with Gasteiger partial charge in [0.1, 0.15) is 17.9 Å². The number of aliphatic carboxylic acids is 1. The van der Waals surface area contributed by atoms with E-state index in [-0.39, 0.29) is 36.0 Å². The summed E-state index contributed by atoms with van der Waals surface area (Å²) in [5.41, 5.74) is 10.5. The highest BCUT2D eigenvalue weighted by Gasteiger charge is 2.40. The number of nitrogens with one attached hydrogen (secondary N) is 1. The van der Waals surface area contributed by atoms with Crippen molar-refractivity contribution >= 4 is 33.6 Å². The molecule has 1 fully saturated rings. The van der Waals surface area contributed by atoms with Gasteiger partial charge in [-0.15, -0.1) is 0 Å². The lowest BCUT2D eigenvalue weighted by Gasteiger charge is -2.25. The van der Waals surface area contributed by atoms with E-state index in [0.717, 1.165) is 30.0 Å². The highest BCUT2D eigenvalue weighted by molar-refractivity contribution is 7.89. The molecule has 2 rings (SSSR count). The second-order valence-corrected chi connectivity index (χ2v) is 10.8. The van der Waals surface area contributed by atoms with Crippen molar-refractivity contribution in [2.24, 2.45) is 16.5 Å². The van der Waals surface area contributed by atoms with E-state index in [2.05, 4.69) is 10.3 Å². The molecule has 12 heteroatoms. The smallest absolute Gasteiger partial charge is 0.326 e. The number of nitrogens with zero attached hydrogens (tertiary/aromatic N) is 2. The van der Waals surface area contributed by atoms with E-state index in [1.54, 1.807) is 18.2 Å². The van der Waals surface area contributed by atoms with Gasteiger partial charge < -0.3 is 21.9 Å². The first kappa shape index (κ1) is 29.2. The molecule has 0 aliphatic carbocycles. The highest BCUT2D eigenvalue weighted by atomic mass is 32.2. The molecule has 36 heavy (non-hydrogen) atoms. The molecule has 0 unspecified atom stereocenters. The van der Waals surface area contributed by atoms with Crippen molar-refractivity contribution in [1.82, 2.24) is 9.62 Å². The maximum atomic E-state index is 13.0. The number of carbonyl (C=O) groups is 3. The van der Waals surface area contributed by atoms with Gasteiger partial charge >= 0.3 is 5.97 Å². The zero-order chi connectivity index (χ0) is 26.6. The van der Waals surface area contributed by atoms with Crippen molar-refractivity contribution in [2.75, 3.05) is 13.1 Å². The van der Waals surface area contributed by atoms with E-state index >= 15 is 0 Å². The number of ketones is 1. The molecule has 1 aromatic rings. The number of aliphatic imine (C=N–C) groups is 1. The van der Waals surface area contributed by atoms with E-state index in [9.17, 15) is 27.9 Å². The van der Waals surface area contributed by atoms with Crippen LogP contribution in [0.3, 0.4) is 0 Å². The summed E-state index contributed by atoms with van der Waals surface area (Å²) in [6.45, 7) is 0.764. The minimum absolute atomic E-state index is 0.0262. The van der Waals surface area contributed by atoms with Gasteiger partial charge in [0.05, 0.1) is 4.90 Å². The zero-order valence-corrected chi connectivity index (χ0v) is 21.3. The molecule has 0 radical (unpaired) electrons. The van der Waals surface area contributed by atoms with E-state index in [1.807, 2.05) is 0 Å². The van der Waals surface area contributed by atoms with E-state index < -0.39 is 34.0 Å². The first-order chi connectivity index (χ1) is 17.1. The fourth-order valence-corrected chi connectivity index (χ4v) is 5.82. The number of amides is 1. The van der Waals surface area contributed by atoms with Crippen LogP contribution in [0.1, 0.15) is 64.2 Å². The summed E-state index contributed by atoms with van der Waals surface area (Å²) in [7, 11) is -3.89. The monoisotopic (exact) mass is 523 g/mol. The number of carbonyl (C=O) groups excluding carboxylic acids is 2. The van der Waals surface area contributed by atoms with Gasteiger partial charge in [0.25, 0.3) is 0 Å². The lowest BCUT2D eigenvalue weighted by molar-refractivity contribution is -0.142. The first-order valence-electron chi connectivity index (χ1n) is 12.3. The van der Waals surface area contributed by atoms with Gasteiger partial charge in [-0.3, -0.25) is 14.6 Å². The lowest BCUT2D eigenvalue weighted by Crippen LogP contribution is -2.50. The lowest BCUT2D eigenvalue weighted by atomic mass is 10.0. The Labute approximate surface area is 212 Å². The fourth-order valence-electron chi connectivity index (χ4n) is 4.15. The average Bonchev–Trinajstić information content (AvgIpc) is 3.34. The number of Topliss-reactive ketones (excluding diaryl/α,β-unsaturated/α-hetero) is 1. The predicted octanol–water partition coefficient (Wildman–Crippen LogP) is 1.37. The molecule has 1 aromatic carbocycles. The number of hydrogen-bond acceptors (Lipinski definition) is 6. The molecular weight excluding hydrogens is 486 g/mol. The normalized spacial score (nSPS) is 16.8. The third kappa shape index (κ3) is 9.23.